The van der Waals surface area contributed by atoms with Gasteiger partial charge in [0.05, 0.1) is 0 Å². The van der Waals surface area contributed by atoms with Gasteiger partial charge in [-0.3, -0.25) is 9.59 Å². The minimum Gasteiger partial charge on any atom is -0.483 e. The number of fused-ring (bicyclic) bond motifs is 1. The molecule has 0 radical (unpaired) electrons. The highest BCUT2D eigenvalue weighted by Gasteiger charge is 2.26. The van der Waals surface area contributed by atoms with E-state index in [1.54, 1.807) is 14.0 Å². The van der Waals surface area contributed by atoms with Crippen LogP contribution >= 0.6 is 15.9 Å². The molecule has 29 heavy (non-hydrogen) atoms. The Morgan fingerprint density at radius 1 is 1.03 bits per heavy atom. The maximum Gasteiger partial charge on any atom is 0.261 e. The minimum absolute atomic E-state index is 0.147. The van der Waals surface area contributed by atoms with E-state index in [0.717, 1.165) is 20.8 Å². The highest BCUT2D eigenvalue weighted by Crippen LogP contribution is 2.25. The first-order chi connectivity index (χ1) is 14.0. The quantitative estimate of drug-likeness (QED) is 0.583. The van der Waals surface area contributed by atoms with Crippen molar-refractivity contribution in [2.24, 2.45) is 0 Å². The van der Waals surface area contributed by atoms with E-state index in [2.05, 4.69) is 21.2 Å². The van der Waals surface area contributed by atoms with Crippen LogP contribution in [0.2, 0.25) is 0 Å². The number of nitrogens with zero attached hydrogens (tertiary/aromatic N) is 1. The first-order valence-corrected chi connectivity index (χ1v) is 10.1. The number of nitrogens with one attached hydrogen (secondary N) is 1. The monoisotopic (exact) mass is 454 g/mol. The molecule has 1 atom stereocenters. The van der Waals surface area contributed by atoms with Crippen molar-refractivity contribution in [1.82, 2.24) is 10.2 Å². The van der Waals surface area contributed by atoms with Crippen LogP contribution in [0, 0.1) is 0 Å². The Bertz CT molecular complexity index is 999. The maximum absolute atomic E-state index is 13.0. The van der Waals surface area contributed by atoms with Gasteiger partial charge in [0.15, 0.2) is 6.61 Å². The lowest BCUT2D eigenvalue weighted by Crippen LogP contribution is -2.48. The number of benzene rings is 3. The summed E-state index contributed by atoms with van der Waals surface area (Å²) in [6, 6.07) is 20.6. The van der Waals surface area contributed by atoms with Crippen molar-refractivity contribution in [2.75, 3.05) is 13.7 Å². The van der Waals surface area contributed by atoms with Gasteiger partial charge in [-0.25, -0.2) is 0 Å². The lowest BCUT2D eigenvalue weighted by Gasteiger charge is -2.28. The minimum atomic E-state index is -0.618. The van der Waals surface area contributed by atoms with Gasteiger partial charge in [0.2, 0.25) is 5.91 Å². The molecule has 3 rings (SSSR count). The molecule has 0 unspecified atom stereocenters. The van der Waals surface area contributed by atoms with Gasteiger partial charge in [-0.15, -0.1) is 0 Å². The maximum atomic E-state index is 13.0. The highest BCUT2D eigenvalue weighted by atomic mass is 79.9. The van der Waals surface area contributed by atoms with Crippen molar-refractivity contribution in [3.05, 3.63) is 76.8 Å². The summed E-state index contributed by atoms with van der Waals surface area (Å²) in [5.41, 5.74) is 0.933. The summed E-state index contributed by atoms with van der Waals surface area (Å²) in [6.07, 6.45) is 0. The summed E-state index contributed by atoms with van der Waals surface area (Å²) < 4.78 is 6.81. The van der Waals surface area contributed by atoms with Crippen LogP contribution in [0.1, 0.15) is 12.5 Å². The first kappa shape index (κ1) is 20.9. The second-order valence-corrected chi connectivity index (χ2v) is 7.62. The number of amides is 2. The van der Waals surface area contributed by atoms with Gasteiger partial charge < -0.3 is 15.0 Å². The average molecular weight is 455 g/mol. The molecule has 6 heteroatoms. The summed E-state index contributed by atoms with van der Waals surface area (Å²) in [7, 11) is 1.56. The van der Waals surface area contributed by atoms with E-state index in [1.807, 2.05) is 66.7 Å². The van der Waals surface area contributed by atoms with Gasteiger partial charge in [-0.2, -0.15) is 0 Å². The summed E-state index contributed by atoms with van der Waals surface area (Å²) in [5.74, 6) is 0.171. The summed E-state index contributed by atoms with van der Waals surface area (Å²) in [6.45, 7) is 1.89. The number of halogens is 1. The molecule has 0 aromatic heterocycles. The Balaban J connectivity index is 1.78. The fourth-order valence-corrected chi connectivity index (χ4v) is 3.39. The number of rotatable bonds is 7. The van der Waals surface area contributed by atoms with Gasteiger partial charge in [0, 0.05) is 23.5 Å². The third-order valence-electron chi connectivity index (χ3n) is 4.78. The second-order valence-electron chi connectivity index (χ2n) is 6.70. The number of likely N-dealkylation sites (N-methyl/N-ethyl adjacent to an activating group) is 1. The topological polar surface area (TPSA) is 58.6 Å². The van der Waals surface area contributed by atoms with E-state index >= 15 is 0 Å². The fraction of sp³-hybridized carbons (Fsp3) is 0.217. The zero-order valence-corrected chi connectivity index (χ0v) is 18.0. The van der Waals surface area contributed by atoms with Crippen LogP contribution in [0.3, 0.4) is 0 Å². The standard InChI is InChI=1S/C23H23BrN2O3/c1-16(23(28)25-2)26(14-17-10-12-19(24)13-11-17)22(27)15-29-21-9-5-7-18-6-3-4-8-20(18)21/h3-13,16H,14-15H2,1-2H3,(H,25,28)/t16-/m1/s1. The molecule has 0 heterocycles. The summed E-state index contributed by atoms with van der Waals surface area (Å²) >= 11 is 3.41. The molecule has 0 spiro atoms. The molecule has 0 saturated carbocycles. The van der Waals surface area contributed by atoms with Crippen LogP contribution in [-0.4, -0.2) is 36.4 Å². The van der Waals surface area contributed by atoms with Crippen molar-refractivity contribution in [3.8, 4) is 5.75 Å². The Kier molecular flexibility index (Phi) is 6.88. The molecule has 1 N–H and O–H groups in total. The Labute approximate surface area is 178 Å². The molecule has 150 valence electrons. The molecular weight excluding hydrogens is 432 g/mol. The molecule has 0 aliphatic carbocycles. The van der Waals surface area contributed by atoms with E-state index in [9.17, 15) is 9.59 Å². The number of hydrogen-bond donors (Lipinski definition) is 1. The third kappa shape index (κ3) is 5.15. The van der Waals surface area contributed by atoms with Gasteiger partial charge in [0.25, 0.3) is 5.91 Å². The van der Waals surface area contributed by atoms with Crippen molar-refractivity contribution in [2.45, 2.75) is 19.5 Å². The summed E-state index contributed by atoms with van der Waals surface area (Å²) in [5, 5.41) is 4.60. The molecule has 5 nitrogen and oxygen atoms in total. The lowest BCUT2D eigenvalue weighted by atomic mass is 10.1. The third-order valence-corrected chi connectivity index (χ3v) is 5.31. The van der Waals surface area contributed by atoms with E-state index in [1.165, 1.54) is 4.90 Å². The van der Waals surface area contributed by atoms with Gasteiger partial charge in [-0.1, -0.05) is 64.5 Å². The predicted molar refractivity (Wildman–Crippen MR) is 118 cm³/mol. The normalized spacial score (nSPS) is 11.7. The van der Waals surface area contributed by atoms with Crippen molar-refractivity contribution < 1.29 is 14.3 Å². The van der Waals surface area contributed by atoms with Gasteiger partial charge >= 0.3 is 0 Å². The summed E-state index contributed by atoms with van der Waals surface area (Å²) in [4.78, 5) is 26.7. The van der Waals surface area contributed by atoms with Crippen molar-refractivity contribution in [3.63, 3.8) is 0 Å². The van der Waals surface area contributed by atoms with Gasteiger partial charge in [-0.05, 0) is 36.1 Å². The average Bonchev–Trinajstić information content (AvgIpc) is 2.76. The fourth-order valence-electron chi connectivity index (χ4n) is 3.12. The Morgan fingerprint density at radius 2 is 1.72 bits per heavy atom. The molecule has 3 aromatic carbocycles. The van der Waals surface area contributed by atoms with Crippen molar-refractivity contribution >= 4 is 38.5 Å². The molecule has 0 aliphatic heterocycles. The van der Waals surface area contributed by atoms with E-state index in [-0.39, 0.29) is 18.4 Å². The van der Waals surface area contributed by atoms with Crippen LogP contribution < -0.4 is 10.1 Å². The molecule has 3 aromatic rings. The molecule has 0 bridgehead atoms. The zero-order valence-electron chi connectivity index (χ0n) is 16.4. The Hall–Kier alpha value is -2.86. The van der Waals surface area contributed by atoms with Gasteiger partial charge in [0.1, 0.15) is 11.8 Å². The first-order valence-electron chi connectivity index (χ1n) is 9.35. The van der Waals surface area contributed by atoms with Crippen LogP contribution in [0.4, 0.5) is 0 Å². The molecular formula is C23H23BrN2O3. The molecule has 0 fully saturated rings. The zero-order chi connectivity index (χ0) is 20.8. The predicted octanol–water partition coefficient (Wildman–Crippen LogP) is 4.14. The van der Waals surface area contributed by atoms with Crippen LogP contribution in [0.25, 0.3) is 10.8 Å². The second kappa shape index (κ2) is 9.56. The van der Waals surface area contributed by atoms with Crippen molar-refractivity contribution in [1.29, 1.82) is 0 Å². The number of carbonyl (C=O) groups excluding carboxylic acids is 2. The Morgan fingerprint density at radius 3 is 2.45 bits per heavy atom. The van der Waals surface area contributed by atoms with Crippen LogP contribution in [0.5, 0.6) is 5.75 Å². The largest absolute Gasteiger partial charge is 0.483 e. The number of carbonyl (C=O) groups is 2. The smallest absolute Gasteiger partial charge is 0.261 e. The molecule has 0 aliphatic rings. The molecule has 0 saturated heterocycles. The molecule has 2 amide bonds. The van der Waals surface area contributed by atoms with E-state index < -0.39 is 6.04 Å². The van der Waals surface area contributed by atoms with E-state index in [4.69, 9.17) is 4.74 Å². The van der Waals surface area contributed by atoms with Crippen LogP contribution in [0.15, 0.2) is 71.2 Å². The van der Waals surface area contributed by atoms with Crippen LogP contribution in [-0.2, 0) is 16.1 Å². The lowest BCUT2D eigenvalue weighted by molar-refractivity contribution is -0.142. The number of ether oxygens (including phenoxy) is 1. The van der Waals surface area contributed by atoms with E-state index in [0.29, 0.717) is 12.3 Å². The number of hydrogen-bond acceptors (Lipinski definition) is 3. The highest BCUT2D eigenvalue weighted by molar-refractivity contribution is 9.10. The SMILES string of the molecule is CNC(=O)[C@@H](C)N(Cc1ccc(Br)cc1)C(=O)COc1cccc2ccccc12.